The number of hydrogen-bond donors (Lipinski definition) is 1. The van der Waals surface area contributed by atoms with Crippen LogP contribution >= 0.6 is 0 Å². The topological polar surface area (TPSA) is 75.7 Å². The zero-order valence-corrected chi connectivity index (χ0v) is 19.0. The number of anilines is 2. The van der Waals surface area contributed by atoms with Gasteiger partial charge in [0.05, 0.1) is 22.5 Å². The molecule has 0 spiro atoms. The van der Waals surface area contributed by atoms with Gasteiger partial charge in [-0.05, 0) is 49.9 Å². The lowest BCUT2D eigenvalue weighted by molar-refractivity contribution is -0.127. The Balaban J connectivity index is 1.89. The van der Waals surface area contributed by atoms with Gasteiger partial charge in [-0.25, -0.2) is 8.42 Å². The second-order valence-corrected chi connectivity index (χ2v) is 10.7. The Morgan fingerprint density at radius 2 is 1.87 bits per heavy atom. The number of carbonyl (C=O) groups is 1. The van der Waals surface area contributed by atoms with Gasteiger partial charge >= 0.3 is 0 Å². The maximum atomic E-state index is 13.0. The molecule has 0 bridgehead atoms. The molecule has 0 aliphatic carbocycles. The fourth-order valence-corrected chi connectivity index (χ4v) is 4.74. The van der Waals surface area contributed by atoms with Crippen molar-refractivity contribution in [3.05, 3.63) is 53.6 Å². The molecule has 0 saturated heterocycles. The van der Waals surface area contributed by atoms with Crippen LogP contribution in [-0.4, -0.2) is 27.5 Å². The lowest BCUT2D eigenvalue weighted by atomic mass is 9.92. The average Bonchev–Trinajstić information content (AvgIpc) is 2.73. The Kier molecular flexibility index (Phi) is 6.13. The number of sulfonamides is 1. The Morgan fingerprint density at radius 3 is 2.53 bits per heavy atom. The maximum absolute atomic E-state index is 13.0. The smallest absolute Gasteiger partial charge is 0.236 e. The van der Waals surface area contributed by atoms with E-state index in [1.807, 2.05) is 45.0 Å². The molecule has 1 N–H and O–H groups in total. The van der Waals surface area contributed by atoms with Gasteiger partial charge in [0, 0.05) is 12.6 Å². The first-order valence-electron chi connectivity index (χ1n) is 10.1. The fraction of sp³-hybridized carbons (Fsp3) is 0.435. The molecule has 6 nitrogen and oxygen atoms in total. The van der Waals surface area contributed by atoms with Gasteiger partial charge in [-0.15, -0.1) is 0 Å². The van der Waals surface area contributed by atoms with E-state index in [0.717, 1.165) is 11.1 Å². The molecule has 162 valence electrons. The number of rotatable bonds is 6. The van der Waals surface area contributed by atoms with Crippen LogP contribution in [0.3, 0.4) is 0 Å². The zero-order valence-electron chi connectivity index (χ0n) is 18.2. The van der Waals surface area contributed by atoms with Gasteiger partial charge in [0.25, 0.3) is 0 Å². The van der Waals surface area contributed by atoms with Gasteiger partial charge in [-0.1, -0.05) is 38.1 Å². The predicted molar refractivity (Wildman–Crippen MR) is 120 cm³/mol. The van der Waals surface area contributed by atoms with Gasteiger partial charge < -0.3 is 9.64 Å². The standard InChI is InChI=1S/C23H30N2O4S/c1-16(2)13-25-20-11-10-19(12-21(20)29-15-23(4,5)22(25)26)24-30(27,28)14-18-9-7-6-8-17(18)3/h6-12,16,24H,13-15H2,1-5H3. The number of carbonyl (C=O) groups excluding carboxylic acids is 1. The molecule has 0 radical (unpaired) electrons. The first-order valence-corrected chi connectivity index (χ1v) is 11.8. The molecule has 0 unspecified atom stereocenters. The van der Waals surface area contributed by atoms with Crippen molar-refractivity contribution in [1.29, 1.82) is 0 Å². The number of nitrogens with zero attached hydrogens (tertiary/aromatic N) is 1. The van der Waals surface area contributed by atoms with Crippen molar-refractivity contribution in [2.24, 2.45) is 11.3 Å². The van der Waals surface area contributed by atoms with Gasteiger partial charge in [0.15, 0.2) is 0 Å². The number of aryl methyl sites for hydroxylation is 1. The van der Waals surface area contributed by atoms with E-state index in [2.05, 4.69) is 18.6 Å². The summed E-state index contributed by atoms with van der Waals surface area (Å²) in [6.07, 6.45) is 0. The van der Waals surface area contributed by atoms with Gasteiger partial charge in [-0.3, -0.25) is 9.52 Å². The number of benzene rings is 2. The molecule has 0 atom stereocenters. The van der Waals surface area contributed by atoms with Crippen LogP contribution in [0.2, 0.25) is 0 Å². The quantitative estimate of drug-likeness (QED) is 0.739. The summed E-state index contributed by atoms with van der Waals surface area (Å²) >= 11 is 0. The first-order chi connectivity index (χ1) is 14.0. The highest BCUT2D eigenvalue weighted by atomic mass is 32.2. The summed E-state index contributed by atoms with van der Waals surface area (Å²) in [5, 5.41) is 0. The van der Waals surface area contributed by atoms with Crippen LogP contribution in [-0.2, 0) is 20.6 Å². The third-order valence-corrected chi connectivity index (χ3v) is 6.33. The van der Waals surface area contributed by atoms with E-state index in [9.17, 15) is 13.2 Å². The highest BCUT2D eigenvalue weighted by Gasteiger charge is 2.38. The van der Waals surface area contributed by atoms with Crippen molar-refractivity contribution >= 4 is 27.3 Å². The molecule has 3 rings (SSSR count). The zero-order chi connectivity index (χ0) is 22.1. The average molecular weight is 431 g/mol. The molecule has 0 aromatic heterocycles. The third kappa shape index (κ3) is 4.95. The summed E-state index contributed by atoms with van der Waals surface area (Å²) in [5.41, 5.74) is 2.10. The second-order valence-electron chi connectivity index (χ2n) is 8.95. The summed E-state index contributed by atoms with van der Waals surface area (Å²) in [6.45, 7) is 10.5. The normalized spacial score (nSPS) is 16.1. The van der Waals surface area contributed by atoms with E-state index in [4.69, 9.17) is 4.74 Å². The lowest BCUT2D eigenvalue weighted by Crippen LogP contribution is -2.43. The van der Waals surface area contributed by atoms with Crippen LogP contribution in [0, 0.1) is 18.3 Å². The summed E-state index contributed by atoms with van der Waals surface area (Å²) in [5.74, 6) is 0.680. The first kappa shape index (κ1) is 22.2. The van der Waals surface area contributed by atoms with Gasteiger partial charge in [-0.2, -0.15) is 0 Å². The van der Waals surface area contributed by atoms with E-state index in [1.165, 1.54) is 0 Å². The van der Waals surface area contributed by atoms with Crippen molar-refractivity contribution in [3.63, 3.8) is 0 Å². The minimum Gasteiger partial charge on any atom is -0.490 e. The van der Waals surface area contributed by atoms with Crippen LogP contribution in [0.1, 0.15) is 38.8 Å². The van der Waals surface area contributed by atoms with Crippen LogP contribution in [0.5, 0.6) is 5.75 Å². The molecule has 7 heteroatoms. The van der Waals surface area contributed by atoms with Crippen molar-refractivity contribution in [2.45, 2.75) is 40.4 Å². The van der Waals surface area contributed by atoms with Gasteiger partial charge in [0.2, 0.25) is 15.9 Å². The van der Waals surface area contributed by atoms with Crippen molar-refractivity contribution in [3.8, 4) is 5.75 Å². The van der Waals surface area contributed by atoms with E-state index < -0.39 is 15.4 Å². The molecule has 2 aromatic rings. The summed E-state index contributed by atoms with van der Waals surface area (Å²) in [7, 11) is -3.60. The van der Waals surface area contributed by atoms with E-state index in [0.29, 0.717) is 23.7 Å². The highest BCUT2D eigenvalue weighted by Crippen LogP contribution is 2.38. The van der Waals surface area contributed by atoms with Crippen molar-refractivity contribution < 1.29 is 17.9 Å². The molecule has 0 fully saturated rings. The van der Waals surface area contributed by atoms with E-state index >= 15 is 0 Å². The van der Waals surface area contributed by atoms with Crippen molar-refractivity contribution in [2.75, 3.05) is 22.8 Å². The number of nitrogens with one attached hydrogen (secondary N) is 1. The van der Waals surface area contributed by atoms with Crippen LogP contribution in [0.4, 0.5) is 11.4 Å². The van der Waals surface area contributed by atoms with Crippen LogP contribution in [0.25, 0.3) is 0 Å². The monoisotopic (exact) mass is 430 g/mol. The second kappa shape index (κ2) is 8.30. The molecule has 1 aliphatic rings. The molecular formula is C23H30N2O4S. The third-order valence-electron chi connectivity index (χ3n) is 5.09. The minimum absolute atomic E-state index is 0.00262. The summed E-state index contributed by atoms with van der Waals surface area (Å²) in [4.78, 5) is 14.8. The Morgan fingerprint density at radius 1 is 1.17 bits per heavy atom. The number of hydrogen-bond acceptors (Lipinski definition) is 4. The Labute approximate surface area is 179 Å². The predicted octanol–water partition coefficient (Wildman–Crippen LogP) is 4.34. The molecule has 1 amide bonds. The van der Waals surface area contributed by atoms with Gasteiger partial charge in [0.1, 0.15) is 12.4 Å². The SMILES string of the molecule is Cc1ccccc1CS(=O)(=O)Nc1ccc2c(c1)OCC(C)(C)C(=O)N2CC(C)C. The largest absolute Gasteiger partial charge is 0.490 e. The summed E-state index contributed by atoms with van der Waals surface area (Å²) in [6, 6.07) is 12.5. The summed E-state index contributed by atoms with van der Waals surface area (Å²) < 4.78 is 34.0. The Bertz CT molecular complexity index is 1040. The molecule has 30 heavy (non-hydrogen) atoms. The van der Waals surface area contributed by atoms with Crippen molar-refractivity contribution in [1.82, 2.24) is 0 Å². The number of amides is 1. The Hall–Kier alpha value is -2.54. The lowest BCUT2D eigenvalue weighted by Gasteiger charge is -2.29. The molecule has 1 aliphatic heterocycles. The molecule has 1 heterocycles. The van der Waals surface area contributed by atoms with Crippen LogP contribution < -0.4 is 14.4 Å². The van der Waals surface area contributed by atoms with Crippen LogP contribution in [0.15, 0.2) is 42.5 Å². The molecular weight excluding hydrogens is 400 g/mol. The number of ether oxygens (including phenoxy) is 1. The minimum atomic E-state index is -3.60. The fourth-order valence-electron chi connectivity index (χ4n) is 3.45. The molecule has 2 aromatic carbocycles. The molecule has 0 saturated carbocycles. The van der Waals surface area contributed by atoms with E-state index in [-0.39, 0.29) is 24.2 Å². The van der Waals surface area contributed by atoms with E-state index in [1.54, 1.807) is 23.1 Å². The maximum Gasteiger partial charge on any atom is 0.236 e. The highest BCUT2D eigenvalue weighted by molar-refractivity contribution is 7.91. The number of fused-ring (bicyclic) bond motifs is 1.